The number of aromatic nitrogens is 1. The van der Waals surface area contributed by atoms with Gasteiger partial charge in [-0.05, 0) is 23.6 Å². The first-order valence-electron chi connectivity index (χ1n) is 6.86. The lowest BCUT2D eigenvalue weighted by molar-refractivity contribution is -0.0590. The fourth-order valence-electron chi connectivity index (χ4n) is 2.29. The highest BCUT2D eigenvalue weighted by Crippen LogP contribution is 2.26. The molecule has 0 fully saturated rings. The zero-order valence-electron chi connectivity index (χ0n) is 12.0. The van der Waals surface area contributed by atoms with Gasteiger partial charge in [-0.15, -0.1) is 11.3 Å². The van der Waals surface area contributed by atoms with Crippen LogP contribution < -0.4 is 0 Å². The van der Waals surface area contributed by atoms with Gasteiger partial charge in [-0.1, -0.05) is 28.4 Å². The first-order valence-corrected chi connectivity index (χ1v) is 7.74. The highest BCUT2D eigenvalue weighted by Gasteiger charge is 2.39. The lowest BCUT2D eigenvalue weighted by Crippen LogP contribution is -2.32. The summed E-state index contributed by atoms with van der Waals surface area (Å²) in [6.45, 7) is 0. The molecule has 8 heteroatoms. The van der Waals surface area contributed by atoms with Crippen LogP contribution in [0, 0.1) is 0 Å². The molecule has 1 aliphatic rings. The monoisotopic (exact) mass is 340 g/mol. The molecule has 0 saturated carbocycles. The summed E-state index contributed by atoms with van der Waals surface area (Å²) in [7, 11) is 0. The minimum atomic E-state index is -0.948. The van der Waals surface area contributed by atoms with Crippen molar-refractivity contribution < 1.29 is 23.7 Å². The van der Waals surface area contributed by atoms with Crippen LogP contribution in [0.4, 0.5) is 0 Å². The van der Waals surface area contributed by atoms with Gasteiger partial charge in [-0.2, -0.15) is 0 Å². The molecule has 0 atom stereocenters. The molecule has 4 rings (SSSR count). The maximum absolute atomic E-state index is 12.2. The van der Waals surface area contributed by atoms with Crippen molar-refractivity contribution in [3.05, 3.63) is 64.7 Å². The van der Waals surface area contributed by atoms with Crippen LogP contribution in [0.3, 0.4) is 0 Å². The van der Waals surface area contributed by atoms with Crippen LogP contribution in [-0.4, -0.2) is 28.0 Å². The normalized spacial score (nSPS) is 13.2. The molecule has 118 valence electrons. The molecule has 2 aromatic heterocycles. The Morgan fingerprint density at radius 1 is 1.08 bits per heavy atom. The number of nitrogens with zero attached hydrogens (tertiary/aromatic N) is 2. The lowest BCUT2D eigenvalue weighted by atomic mass is 10.1. The second-order valence-corrected chi connectivity index (χ2v) is 5.83. The summed E-state index contributed by atoms with van der Waals surface area (Å²) in [5, 5.41) is 5.91. The molecular formula is C16H8N2O5S. The molecule has 0 N–H and O–H groups in total. The SMILES string of the molecule is O=C(ON1C(=O)c2ccccc2C1=O)c1cc(-c2cccs2)on1. The first kappa shape index (κ1) is 14.3. The molecule has 3 aromatic rings. The van der Waals surface area contributed by atoms with E-state index in [1.807, 2.05) is 17.5 Å². The number of amides is 2. The molecule has 7 nitrogen and oxygen atoms in total. The van der Waals surface area contributed by atoms with E-state index in [9.17, 15) is 14.4 Å². The Hall–Kier alpha value is -3.26. The van der Waals surface area contributed by atoms with E-state index in [2.05, 4.69) is 5.16 Å². The first-order chi connectivity index (χ1) is 11.6. The molecule has 0 unspecified atom stereocenters. The van der Waals surface area contributed by atoms with Crippen molar-refractivity contribution in [2.75, 3.05) is 0 Å². The average molecular weight is 340 g/mol. The molecule has 1 aliphatic heterocycles. The summed E-state index contributed by atoms with van der Waals surface area (Å²) in [5.74, 6) is -1.92. The summed E-state index contributed by atoms with van der Waals surface area (Å²) in [4.78, 5) is 42.1. The van der Waals surface area contributed by atoms with Crippen molar-refractivity contribution in [3.63, 3.8) is 0 Å². The lowest BCUT2D eigenvalue weighted by Gasteiger charge is -2.10. The zero-order chi connectivity index (χ0) is 16.7. The summed E-state index contributed by atoms with van der Waals surface area (Å²) >= 11 is 1.42. The third-order valence-electron chi connectivity index (χ3n) is 3.41. The Kier molecular flexibility index (Phi) is 3.24. The van der Waals surface area contributed by atoms with Crippen molar-refractivity contribution in [3.8, 4) is 10.6 Å². The van der Waals surface area contributed by atoms with E-state index in [0.717, 1.165) is 4.88 Å². The molecule has 0 saturated heterocycles. The zero-order valence-corrected chi connectivity index (χ0v) is 12.8. The molecule has 2 amide bonds. The van der Waals surface area contributed by atoms with Gasteiger partial charge in [0.25, 0.3) is 11.8 Å². The van der Waals surface area contributed by atoms with Gasteiger partial charge in [-0.3, -0.25) is 9.59 Å². The summed E-state index contributed by atoms with van der Waals surface area (Å²) in [6.07, 6.45) is 0. The molecule has 3 heterocycles. The average Bonchev–Trinajstić information content (AvgIpc) is 3.32. The molecule has 0 aliphatic carbocycles. The van der Waals surface area contributed by atoms with E-state index < -0.39 is 17.8 Å². The molecule has 0 radical (unpaired) electrons. The summed E-state index contributed by atoms with van der Waals surface area (Å²) < 4.78 is 5.08. The summed E-state index contributed by atoms with van der Waals surface area (Å²) in [6, 6.07) is 11.3. The number of hydroxylamine groups is 2. The van der Waals surface area contributed by atoms with E-state index in [4.69, 9.17) is 9.36 Å². The van der Waals surface area contributed by atoms with Crippen LogP contribution in [0.15, 0.2) is 52.4 Å². The van der Waals surface area contributed by atoms with Crippen LogP contribution in [-0.2, 0) is 4.84 Å². The Balaban J connectivity index is 1.55. The van der Waals surface area contributed by atoms with Crippen LogP contribution in [0.5, 0.6) is 0 Å². The molecular weight excluding hydrogens is 332 g/mol. The minimum absolute atomic E-state index is 0.130. The molecule has 24 heavy (non-hydrogen) atoms. The highest BCUT2D eigenvalue weighted by atomic mass is 32.1. The van der Waals surface area contributed by atoms with Gasteiger partial charge in [0.15, 0.2) is 11.5 Å². The maximum Gasteiger partial charge on any atom is 0.385 e. The number of hydrogen-bond acceptors (Lipinski definition) is 7. The maximum atomic E-state index is 12.2. The smallest absolute Gasteiger partial charge is 0.355 e. The van der Waals surface area contributed by atoms with Gasteiger partial charge in [0.1, 0.15) is 0 Å². The predicted octanol–water partition coefficient (Wildman–Crippen LogP) is 2.77. The Morgan fingerprint density at radius 2 is 1.79 bits per heavy atom. The highest BCUT2D eigenvalue weighted by molar-refractivity contribution is 7.13. The Morgan fingerprint density at radius 3 is 2.42 bits per heavy atom. The van der Waals surface area contributed by atoms with Gasteiger partial charge >= 0.3 is 5.97 Å². The number of rotatable bonds is 3. The molecule has 0 spiro atoms. The van der Waals surface area contributed by atoms with Crippen LogP contribution in [0.25, 0.3) is 10.6 Å². The third-order valence-corrected chi connectivity index (χ3v) is 4.30. The van der Waals surface area contributed by atoms with Gasteiger partial charge in [0.2, 0.25) is 0 Å². The standard InChI is InChI=1S/C16H8N2O5S/c19-14-9-4-1-2-5-10(9)15(20)18(14)23-16(21)11-8-12(22-17-11)13-6-3-7-24-13/h1-8H. The molecule has 0 bridgehead atoms. The third kappa shape index (κ3) is 2.20. The van der Waals surface area contributed by atoms with Gasteiger partial charge in [0.05, 0.1) is 16.0 Å². The summed E-state index contributed by atoms with van der Waals surface area (Å²) in [5.41, 5.74) is 0.249. The van der Waals surface area contributed by atoms with Crippen molar-refractivity contribution in [2.24, 2.45) is 0 Å². The topological polar surface area (TPSA) is 89.7 Å². The van der Waals surface area contributed by atoms with Crippen molar-refractivity contribution in [1.82, 2.24) is 10.2 Å². The fourth-order valence-corrected chi connectivity index (χ4v) is 2.96. The number of benzene rings is 1. The van der Waals surface area contributed by atoms with E-state index in [0.29, 0.717) is 10.8 Å². The number of carbonyl (C=O) groups is 3. The quantitative estimate of drug-likeness (QED) is 0.681. The van der Waals surface area contributed by atoms with E-state index in [-0.39, 0.29) is 16.8 Å². The van der Waals surface area contributed by atoms with Crippen molar-refractivity contribution >= 4 is 29.1 Å². The number of carbonyl (C=O) groups excluding carboxylic acids is 3. The van der Waals surface area contributed by atoms with Gasteiger partial charge < -0.3 is 9.36 Å². The largest absolute Gasteiger partial charge is 0.385 e. The van der Waals surface area contributed by atoms with E-state index in [1.54, 1.807) is 12.1 Å². The van der Waals surface area contributed by atoms with Gasteiger partial charge in [-0.25, -0.2) is 4.79 Å². The number of fused-ring (bicyclic) bond motifs is 1. The van der Waals surface area contributed by atoms with E-state index >= 15 is 0 Å². The number of hydrogen-bond donors (Lipinski definition) is 0. The van der Waals surface area contributed by atoms with Crippen LogP contribution in [0.2, 0.25) is 0 Å². The van der Waals surface area contributed by atoms with Crippen LogP contribution in [0.1, 0.15) is 31.2 Å². The second-order valence-electron chi connectivity index (χ2n) is 4.88. The van der Waals surface area contributed by atoms with Crippen molar-refractivity contribution in [1.29, 1.82) is 0 Å². The predicted molar refractivity (Wildman–Crippen MR) is 82.2 cm³/mol. The van der Waals surface area contributed by atoms with Gasteiger partial charge in [0, 0.05) is 6.07 Å². The van der Waals surface area contributed by atoms with Crippen molar-refractivity contribution in [2.45, 2.75) is 0 Å². The molecule has 1 aromatic carbocycles. The van der Waals surface area contributed by atoms with Crippen LogP contribution >= 0.6 is 11.3 Å². The second kappa shape index (κ2) is 5.43. The van der Waals surface area contributed by atoms with E-state index in [1.165, 1.54) is 29.5 Å². The Labute approximate surface area is 139 Å². The number of thiophene rings is 1. The fraction of sp³-hybridized carbons (Fsp3) is 0. The Bertz CT molecular complexity index is 926. The minimum Gasteiger partial charge on any atom is -0.355 e. The number of imide groups is 1.